The largest absolute Gasteiger partial charge is 0.633 e. The Labute approximate surface area is 153 Å². The van der Waals surface area contributed by atoms with E-state index in [4.69, 9.17) is 4.99 Å². The van der Waals surface area contributed by atoms with Crippen molar-refractivity contribution in [1.29, 1.82) is 5.26 Å². The number of aliphatic imine (C=N–C) groups is 1. The van der Waals surface area contributed by atoms with E-state index >= 15 is 0 Å². The van der Waals surface area contributed by atoms with E-state index in [1.807, 2.05) is 48.5 Å². The van der Waals surface area contributed by atoms with E-state index in [2.05, 4.69) is 11.0 Å². The van der Waals surface area contributed by atoms with Gasteiger partial charge in [0.05, 0.1) is 45.0 Å². The minimum atomic E-state index is -0.207. The van der Waals surface area contributed by atoms with E-state index in [-0.39, 0.29) is 4.65 Å². The van der Waals surface area contributed by atoms with E-state index in [9.17, 15) is 10.5 Å². The maximum Gasteiger partial charge on any atom is 0.137 e. The van der Waals surface area contributed by atoms with Crippen molar-refractivity contribution in [2.75, 3.05) is 33.2 Å². The van der Waals surface area contributed by atoms with Gasteiger partial charge in [-0.2, -0.15) is 5.26 Å². The molecule has 0 aromatic heterocycles. The Morgan fingerprint density at radius 1 is 1.04 bits per heavy atom. The van der Waals surface area contributed by atoms with Gasteiger partial charge in [0.2, 0.25) is 0 Å². The minimum Gasteiger partial charge on any atom is -0.633 e. The van der Waals surface area contributed by atoms with Crippen LogP contribution in [0.15, 0.2) is 59.6 Å². The highest BCUT2D eigenvalue weighted by Crippen LogP contribution is 2.37. The first-order chi connectivity index (χ1) is 12.6. The van der Waals surface area contributed by atoms with Gasteiger partial charge < -0.3 is 14.8 Å². The molecule has 0 aliphatic carbocycles. The van der Waals surface area contributed by atoms with Crippen molar-refractivity contribution >= 4 is 17.1 Å². The monoisotopic (exact) mass is 344 g/mol. The molecule has 130 valence electrons. The minimum absolute atomic E-state index is 0.207. The molecule has 0 atom stereocenters. The number of nitriles is 1. The van der Waals surface area contributed by atoms with Gasteiger partial charge in [-0.15, -0.1) is 0 Å². The predicted molar refractivity (Wildman–Crippen MR) is 103 cm³/mol. The van der Waals surface area contributed by atoms with Crippen LogP contribution in [0.1, 0.15) is 16.7 Å². The maximum atomic E-state index is 12.2. The Morgan fingerprint density at radius 2 is 1.65 bits per heavy atom. The highest BCUT2D eigenvalue weighted by atomic mass is 16.5. The summed E-state index contributed by atoms with van der Waals surface area (Å²) in [6, 6.07) is 18.1. The fourth-order valence-corrected chi connectivity index (χ4v) is 3.59. The van der Waals surface area contributed by atoms with E-state index in [0.29, 0.717) is 26.2 Å². The summed E-state index contributed by atoms with van der Waals surface area (Å²) in [5.41, 5.74) is 4.71. The summed E-state index contributed by atoms with van der Waals surface area (Å²) in [5, 5.41) is 21.5. The summed E-state index contributed by atoms with van der Waals surface area (Å²) in [4.78, 5) is 7.16. The van der Waals surface area contributed by atoms with Crippen LogP contribution in [-0.4, -0.2) is 48.6 Å². The van der Waals surface area contributed by atoms with Gasteiger partial charge in [0.25, 0.3) is 0 Å². The van der Waals surface area contributed by atoms with Gasteiger partial charge in [-0.3, -0.25) is 0 Å². The first-order valence-electron chi connectivity index (χ1n) is 8.77. The number of para-hydroxylation sites is 1. The van der Waals surface area contributed by atoms with Crippen LogP contribution in [0.2, 0.25) is 0 Å². The Kier molecular flexibility index (Phi) is 4.08. The average molecular weight is 344 g/mol. The van der Waals surface area contributed by atoms with Gasteiger partial charge in [-0.1, -0.05) is 42.5 Å². The van der Waals surface area contributed by atoms with Crippen molar-refractivity contribution in [2.24, 2.45) is 4.99 Å². The summed E-state index contributed by atoms with van der Waals surface area (Å²) in [6.45, 7) is 2.44. The molecule has 2 aliphatic heterocycles. The number of fused-ring (bicyclic) bond motifs is 2. The van der Waals surface area contributed by atoms with Crippen LogP contribution in [0, 0.1) is 16.5 Å². The average Bonchev–Trinajstić information content (AvgIpc) is 2.78. The molecule has 2 heterocycles. The third kappa shape index (κ3) is 2.90. The SMILES string of the molecule is C[N+]1([O-])CCN(C2=Nc3ccccc3/C(=C/C#N)c3ccccc32)CC1. The Bertz CT molecular complexity index is 942. The Hall–Kier alpha value is -2.94. The molecule has 26 heavy (non-hydrogen) atoms. The number of rotatable bonds is 0. The molecule has 1 fully saturated rings. The number of hydrogen-bond donors (Lipinski definition) is 0. The van der Waals surface area contributed by atoms with Crippen LogP contribution in [0.3, 0.4) is 0 Å². The molecule has 5 nitrogen and oxygen atoms in total. The highest BCUT2D eigenvalue weighted by Gasteiger charge is 2.28. The fraction of sp³-hybridized carbons (Fsp3) is 0.238. The first-order valence-corrected chi connectivity index (χ1v) is 8.77. The molecule has 2 aliphatic rings. The molecule has 5 heteroatoms. The number of piperazine rings is 1. The van der Waals surface area contributed by atoms with Crippen LogP contribution in [0.5, 0.6) is 0 Å². The molecule has 2 aromatic carbocycles. The van der Waals surface area contributed by atoms with Crippen LogP contribution in [0.4, 0.5) is 5.69 Å². The third-order valence-electron chi connectivity index (χ3n) is 5.07. The molecule has 0 N–H and O–H groups in total. The quantitative estimate of drug-likeness (QED) is 0.418. The van der Waals surface area contributed by atoms with E-state index in [1.165, 1.54) is 0 Å². The molecular formula is C21H20N4O. The number of quaternary nitrogens is 1. The van der Waals surface area contributed by atoms with Gasteiger partial charge >= 0.3 is 0 Å². The highest BCUT2D eigenvalue weighted by molar-refractivity contribution is 6.08. The zero-order valence-electron chi connectivity index (χ0n) is 14.7. The second kappa shape index (κ2) is 6.41. The molecule has 4 rings (SSSR count). The fourth-order valence-electron chi connectivity index (χ4n) is 3.59. The van der Waals surface area contributed by atoms with Gasteiger partial charge in [0.1, 0.15) is 5.84 Å². The molecule has 0 radical (unpaired) electrons. The van der Waals surface area contributed by atoms with E-state index < -0.39 is 0 Å². The van der Waals surface area contributed by atoms with Crippen molar-refractivity contribution in [3.8, 4) is 6.07 Å². The Balaban J connectivity index is 1.89. The summed E-state index contributed by atoms with van der Waals surface area (Å²) >= 11 is 0. The first kappa shape index (κ1) is 16.5. The van der Waals surface area contributed by atoms with Gasteiger partial charge in [-0.05, 0) is 11.6 Å². The lowest BCUT2D eigenvalue weighted by atomic mass is 9.93. The van der Waals surface area contributed by atoms with Crippen LogP contribution < -0.4 is 0 Å². The van der Waals surface area contributed by atoms with Crippen molar-refractivity contribution in [3.63, 3.8) is 0 Å². The summed E-state index contributed by atoms with van der Waals surface area (Å²) in [7, 11) is 1.73. The van der Waals surface area contributed by atoms with Crippen molar-refractivity contribution < 1.29 is 4.65 Å². The van der Waals surface area contributed by atoms with Crippen molar-refractivity contribution in [3.05, 3.63) is 76.5 Å². The molecule has 2 aromatic rings. The second-order valence-corrected chi connectivity index (χ2v) is 6.92. The number of likely N-dealkylation sites (N-methyl/N-ethyl adjacent to an activating group) is 1. The number of allylic oxidation sites excluding steroid dienone is 1. The molecule has 0 unspecified atom stereocenters. The smallest absolute Gasteiger partial charge is 0.137 e. The maximum absolute atomic E-state index is 12.2. The molecule has 0 spiro atoms. The van der Waals surface area contributed by atoms with Gasteiger partial charge in [0, 0.05) is 22.8 Å². The lowest BCUT2D eigenvalue weighted by molar-refractivity contribution is -0.864. The lowest BCUT2D eigenvalue weighted by Gasteiger charge is -2.46. The molecule has 1 saturated heterocycles. The van der Waals surface area contributed by atoms with E-state index in [0.717, 1.165) is 33.8 Å². The summed E-state index contributed by atoms with van der Waals surface area (Å²) in [6.07, 6.45) is 1.60. The van der Waals surface area contributed by atoms with Crippen molar-refractivity contribution in [2.45, 2.75) is 0 Å². The van der Waals surface area contributed by atoms with Gasteiger partial charge in [0.15, 0.2) is 0 Å². The number of nitrogens with zero attached hydrogens (tertiary/aromatic N) is 4. The van der Waals surface area contributed by atoms with Crippen LogP contribution in [0.25, 0.3) is 5.57 Å². The topological polar surface area (TPSA) is 62.4 Å². The van der Waals surface area contributed by atoms with E-state index in [1.54, 1.807) is 13.1 Å². The number of amidine groups is 1. The lowest BCUT2D eigenvalue weighted by Crippen LogP contribution is -2.55. The Morgan fingerprint density at radius 3 is 2.35 bits per heavy atom. The molecular weight excluding hydrogens is 324 g/mol. The molecule has 0 amide bonds. The zero-order valence-corrected chi connectivity index (χ0v) is 14.7. The second-order valence-electron chi connectivity index (χ2n) is 6.92. The van der Waals surface area contributed by atoms with Crippen LogP contribution >= 0.6 is 0 Å². The molecule has 0 bridgehead atoms. The van der Waals surface area contributed by atoms with Crippen LogP contribution in [-0.2, 0) is 0 Å². The van der Waals surface area contributed by atoms with Crippen molar-refractivity contribution in [1.82, 2.24) is 4.90 Å². The summed E-state index contributed by atoms with van der Waals surface area (Å²) in [5.74, 6) is 0.883. The summed E-state index contributed by atoms with van der Waals surface area (Å²) < 4.78 is -0.207. The molecule has 0 saturated carbocycles. The number of hydrogen-bond acceptors (Lipinski definition) is 4. The van der Waals surface area contributed by atoms with Gasteiger partial charge in [-0.25, -0.2) is 4.99 Å². The number of hydroxylamine groups is 3. The normalized spacial score (nSPS) is 19.8. The standard InChI is InChI=1S/C21H20N4O/c1-25(26)14-12-24(13-15-25)21-19-8-3-2-6-16(19)17(10-11-22)18-7-4-5-9-20(18)23-21/h2-10H,12-15H2,1H3/b17-10+. The predicted octanol–water partition coefficient (Wildman–Crippen LogP) is 3.29. The third-order valence-corrected chi connectivity index (χ3v) is 5.07. The number of benzene rings is 2. The zero-order chi connectivity index (χ0) is 18.1.